The summed E-state index contributed by atoms with van der Waals surface area (Å²) in [5.74, 6) is -1.80. The Bertz CT molecular complexity index is 1090. The molecule has 4 aromatic rings. The molecule has 1 amide bonds. The second kappa shape index (κ2) is 6.40. The molecule has 0 saturated carbocycles. The third-order valence-electron chi connectivity index (χ3n) is 3.93. The Morgan fingerprint density at radius 2 is 1.62 bits per heavy atom. The summed E-state index contributed by atoms with van der Waals surface area (Å²) in [5, 5.41) is 2.73. The molecule has 0 atom stereocenters. The largest absolute Gasteiger partial charge is 0.306 e. The Balaban J connectivity index is 1.81. The Kier molecular flexibility index (Phi) is 3.93. The van der Waals surface area contributed by atoms with Crippen molar-refractivity contribution in [2.45, 2.75) is 0 Å². The summed E-state index contributed by atoms with van der Waals surface area (Å²) in [6, 6.07) is 17.5. The van der Waals surface area contributed by atoms with E-state index in [0.717, 1.165) is 23.8 Å². The molecule has 2 heterocycles. The van der Waals surface area contributed by atoms with Gasteiger partial charge < -0.3 is 5.32 Å². The number of imidazole rings is 1. The number of aromatic nitrogens is 2. The van der Waals surface area contributed by atoms with Gasteiger partial charge in [-0.25, -0.2) is 13.8 Å². The zero-order valence-electron chi connectivity index (χ0n) is 13.5. The Hall–Kier alpha value is -3.54. The van der Waals surface area contributed by atoms with Gasteiger partial charge in [-0.05, 0) is 24.3 Å². The average molecular weight is 349 g/mol. The van der Waals surface area contributed by atoms with Crippen LogP contribution >= 0.6 is 0 Å². The summed E-state index contributed by atoms with van der Waals surface area (Å²) in [6.45, 7) is 0. The second-order valence-electron chi connectivity index (χ2n) is 5.72. The number of hydrogen-bond acceptors (Lipinski definition) is 2. The summed E-state index contributed by atoms with van der Waals surface area (Å²) in [6.07, 6.45) is 1.76. The van der Waals surface area contributed by atoms with Crippen molar-refractivity contribution in [3.8, 4) is 11.3 Å². The fourth-order valence-corrected chi connectivity index (χ4v) is 2.78. The lowest BCUT2D eigenvalue weighted by Crippen LogP contribution is -2.14. The first-order valence-electron chi connectivity index (χ1n) is 7.92. The fraction of sp³-hybridized carbons (Fsp3) is 0. The van der Waals surface area contributed by atoms with Gasteiger partial charge in [-0.3, -0.25) is 9.20 Å². The predicted molar refractivity (Wildman–Crippen MR) is 94.9 cm³/mol. The molecule has 0 radical (unpaired) electrons. The third-order valence-corrected chi connectivity index (χ3v) is 3.93. The summed E-state index contributed by atoms with van der Waals surface area (Å²) in [7, 11) is 0. The zero-order chi connectivity index (χ0) is 18.1. The van der Waals surface area contributed by atoms with Gasteiger partial charge in [0, 0.05) is 23.4 Å². The molecular formula is C20H13F2N3O. The molecule has 0 saturated heterocycles. The van der Waals surface area contributed by atoms with Crippen molar-refractivity contribution in [3.63, 3.8) is 0 Å². The van der Waals surface area contributed by atoms with Crippen LogP contribution in [0.15, 0.2) is 72.9 Å². The van der Waals surface area contributed by atoms with Crippen molar-refractivity contribution in [2.24, 2.45) is 0 Å². The smallest absolute Gasteiger partial charge is 0.257 e. The zero-order valence-corrected chi connectivity index (χ0v) is 13.5. The maximum atomic E-state index is 13.4. The van der Waals surface area contributed by atoms with Crippen LogP contribution in [0.3, 0.4) is 0 Å². The van der Waals surface area contributed by atoms with Crippen molar-refractivity contribution >= 4 is 17.4 Å². The van der Waals surface area contributed by atoms with Crippen molar-refractivity contribution in [3.05, 3.63) is 90.1 Å². The molecule has 2 aromatic carbocycles. The molecule has 0 fully saturated rings. The van der Waals surface area contributed by atoms with Crippen molar-refractivity contribution in [2.75, 3.05) is 5.32 Å². The van der Waals surface area contributed by atoms with Crippen LogP contribution in [-0.4, -0.2) is 15.3 Å². The molecule has 0 aliphatic rings. The predicted octanol–water partition coefficient (Wildman–Crippen LogP) is 4.53. The number of nitrogens with zero attached hydrogens (tertiary/aromatic N) is 2. The second-order valence-corrected chi connectivity index (χ2v) is 5.72. The van der Waals surface area contributed by atoms with Gasteiger partial charge in [0.05, 0.1) is 0 Å². The van der Waals surface area contributed by atoms with Crippen molar-refractivity contribution in [1.82, 2.24) is 9.38 Å². The first-order valence-corrected chi connectivity index (χ1v) is 7.92. The van der Waals surface area contributed by atoms with E-state index in [1.807, 2.05) is 42.5 Å². The lowest BCUT2D eigenvalue weighted by molar-refractivity contribution is 0.102. The molecule has 0 aliphatic carbocycles. The highest BCUT2D eigenvalue weighted by Gasteiger charge is 2.17. The van der Waals surface area contributed by atoms with E-state index >= 15 is 0 Å². The SMILES string of the molecule is O=C(Nc1c(-c2ccccc2)nc2ccccn12)c1cc(F)cc(F)c1. The molecular weight excluding hydrogens is 336 g/mol. The van der Waals surface area contributed by atoms with Gasteiger partial charge in [-0.1, -0.05) is 36.4 Å². The van der Waals surface area contributed by atoms with Crippen molar-refractivity contribution in [1.29, 1.82) is 0 Å². The third kappa shape index (κ3) is 2.93. The lowest BCUT2D eigenvalue weighted by Gasteiger charge is -2.08. The standard InChI is InChI=1S/C20H13F2N3O/c21-15-10-14(11-16(22)12-15)20(26)24-19-18(13-6-2-1-3-7-13)23-17-8-4-5-9-25(17)19/h1-12H,(H,24,26). The number of benzene rings is 2. The molecule has 0 bridgehead atoms. The number of rotatable bonds is 3. The van der Waals surface area contributed by atoms with E-state index < -0.39 is 17.5 Å². The summed E-state index contributed by atoms with van der Waals surface area (Å²) in [5.41, 5.74) is 1.93. The highest BCUT2D eigenvalue weighted by atomic mass is 19.1. The number of anilines is 1. The van der Waals surface area contributed by atoms with Gasteiger partial charge in [0.2, 0.25) is 0 Å². The monoisotopic (exact) mass is 349 g/mol. The van der Waals surface area contributed by atoms with E-state index in [9.17, 15) is 13.6 Å². The first-order chi connectivity index (χ1) is 12.6. The van der Waals surface area contributed by atoms with Crippen LogP contribution in [0.1, 0.15) is 10.4 Å². The van der Waals surface area contributed by atoms with Crippen LogP contribution in [0.2, 0.25) is 0 Å². The molecule has 4 nitrogen and oxygen atoms in total. The summed E-state index contributed by atoms with van der Waals surface area (Å²) < 4.78 is 28.6. The summed E-state index contributed by atoms with van der Waals surface area (Å²) >= 11 is 0. The molecule has 0 aliphatic heterocycles. The minimum absolute atomic E-state index is 0.104. The topological polar surface area (TPSA) is 46.4 Å². The molecule has 4 rings (SSSR count). The van der Waals surface area contributed by atoms with E-state index in [2.05, 4.69) is 10.3 Å². The van der Waals surface area contributed by atoms with Crippen LogP contribution in [0, 0.1) is 11.6 Å². The van der Waals surface area contributed by atoms with Gasteiger partial charge in [-0.15, -0.1) is 0 Å². The number of carbonyl (C=O) groups is 1. The lowest BCUT2D eigenvalue weighted by atomic mass is 10.1. The van der Waals surface area contributed by atoms with E-state index in [1.54, 1.807) is 16.7 Å². The Morgan fingerprint density at radius 1 is 0.923 bits per heavy atom. The maximum absolute atomic E-state index is 13.4. The van der Waals surface area contributed by atoms with Gasteiger partial charge in [0.25, 0.3) is 5.91 Å². The normalized spacial score (nSPS) is 10.8. The Labute approximate surface area is 147 Å². The maximum Gasteiger partial charge on any atom is 0.257 e. The number of amides is 1. The number of hydrogen-bond donors (Lipinski definition) is 1. The summed E-state index contributed by atoms with van der Waals surface area (Å²) in [4.78, 5) is 17.1. The van der Waals surface area contributed by atoms with Crippen LogP contribution < -0.4 is 5.32 Å². The number of nitrogens with one attached hydrogen (secondary N) is 1. The molecule has 2 aromatic heterocycles. The number of pyridine rings is 1. The van der Waals surface area contributed by atoms with Crippen LogP contribution in [-0.2, 0) is 0 Å². The van der Waals surface area contributed by atoms with Crippen LogP contribution in [0.25, 0.3) is 16.9 Å². The average Bonchev–Trinajstić information content (AvgIpc) is 3.00. The number of halogens is 2. The van der Waals surface area contributed by atoms with Crippen LogP contribution in [0.5, 0.6) is 0 Å². The molecule has 0 unspecified atom stereocenters. The van der Waals surface area contributed by atoms with E-state index in [0.29, 0.717) is 17.2 Å². The minimum atomic E-state index is -0.809. The molecule has 128 valence electrons. The van der Waals surface area contributed by atoms with Crippen molar-refractivity contribution < 1.29 is 13.6 Å². The molecule has 1 N–H and O–H groups in total. The van der Waals surface area contributed by atoms with Gasteiger partial charge in [0.1, 0.15) is 28.8 Å². The molecule has 6 heteroatoms. The number of fused-ring (bicyclic) bond motifs is 1. The van der Waals surface area contributed by atoms with Gasteiger partial charge in [-0.2, -0.15) is 0 Å². The van der Waals surface area contributed by atoms with Crippen LogP contribution in [0.4, 0.5) is 14.6 Å². The Morgan fingerprint density at radius 3 is 2.35 bits per heavy atom. The van der Waals surface area contributed by atoms with Gasteiger partial charge >= 0.3 is 0 Å². The minimum Gasteiger partial charge on any atom is -0.306 e. The fourth-order valence-electron chi connectivity index (χ4n) is 2.78. The molecule has 0 spiro atoms. The first kappa shape index (κ1) is 16.0. The van der Waals surface area contributed by atoms with E-state index in [4.69, 9.17) is 0 Å². The highest BCUT2D eigenvalue weighted by molar-refractivity contribution is 6.05. The molecule has 26 heavy (non-hydrogen) atoms. The number of carbonyl (C=O) groups excluding carboxylic acids is 1. The van der Waals surface area contributed by atoms with Gasteiger partial charge in [0.15, 0.2) is 0 Å². The van der Waals surface area contributed by atoms with E-state index in [-0.39, 0.29) is 5.56 Å². The highest BCUT2D eigenvalue weighted by Crippen LogP contribution is 2.29. The van der Waals surface area contributed by atoms with E-state index in [1.165, 1.54) is 0 Å². The quantitative estimate of drug-likeness (QED) is 0.591.